The van der Waals surface area contributed by atoms with E-state index in [0.29, 0.717) is 18.8 Å². The summed E-state index contributed by atoms with van der Waals surface area (Å²) in [5.74, 6) is 0. The van der Waals surface area contributed by atoms with Gasteiger partial charge in [-0.25, -0.2) is 8.42 Å². The molecule has 2 aromatic carbocycles. The maximum atomic E-state index is 12.8. The summed E-state index contributed by atoms with van der Waals surface area (Å²) in [5.41, 5.74) is 10.4. The third kappa shape index (κ3) is 2.32. The molecule has 0 aromatic heterocycles. The van der Waals surface area contributed by atoms with Gasteiger partial charge in [0.1, 0.15) is 0 Å². The van der Waals surface area contributed by atoms with E-state index >= 15 is 0 Å². The summed E-state index contributed by atoms with van der Waals surface area (Å²) >= 11 is 0. The van der Waals surface area contributed by atoms with Crippen LogP contribution in [0.15, 0.2) is 41.3 Å². The summed E-state index contributed by atoms with van der Waals surface area (Å²) in [6.45, 7) is 4.62. The van der Waals surface area contributed by atoms with Crippen LogP contribution in [0.25, 0.3) is 0 Å². The van der Waals surface area contributed by atoms with E-state index in [0.717, 1.165) is 22.3 Å². The van der Waals surface area contributed by atoms with E-state index in [1.54, 1.807) is 12.1 Å². The van der Waals surface area contributed by atoms with E-state index in [-0.39, 0.29) is 4.90 Å². The molecule has 0 aliphatic carbocycles. The van der Waals surface area contributed by atoms with Crippen molar-refractivity contribution in [3.05, 3.63) is 58.7 Å². The van der Waals surface area contributed by atoms with Gasteiger partial charge in [-0.2, -0.15) is 4.31 Å². The summed E-state index contributed by atoms with van der Waals surface area (Å²) in [4.78, 5) is 0.274. The Kier molecular flexibility index (Phi) is 3.26. The van der Waals surface area contributed by atoms with Crippen LogP contribution in [0.1, 0.15) is 22.3 Å². The number of rotatable bonds is 2. The van der Waals surface area contributed by atoms with E-state index in [1.807, 2.05) is 38.1 Å². The minimum atomic E-state index is -3.51. The molecule has 2 N–H and O–H groups in total. The number of nitrogen functional groups attached to an aromatic ring is 1. The van der Waals surface area contributed by atoms with Crippen molar-refractivity contribution in [3.63, 3.8) is 0 Å². The average Bonchev–Trinajstić information content (AvgIpc) is 2.88. The number of aryl methyl sites for hydroxylation is 1. The molecule has 0 fully saturated rings. The van der Waals surface area contributed by atoms with Crippen LogP contribution in [0, 0.1) is 13.8 Å². The Morgan fingerprint density at radius 1 is 1.05 bits per heavy atom. The molecule has 1 aliphatic rings. The number of benzene rings is 2. The molecule has 2 aromatic rings. The second-order valence-electron chi connectivity index (χ2n) is 5.50. The maximum absolute atomic E-state index is 12.8. The molecule has 5 heteroatoms. The van der Waals surface area contributed by atoms with Gasteiger partial charge < -0.3 is 5.73 Å². The third-order valence-electron chi connectivity index (χ3n) is 4.13. The number of hydrogen-bond acceptors (Lipinski definition) is 3. The third-order valence-corrected chi connectivity index (χ3v) is 5.90. The standard InChI is InChI=1S/C16H18N2O2S/c1-11-7-15(8-16(17)12(11)2)21(19,20)18-9-13-5-3-4-6-14(13)10-18/h3-8H,9-10,17H2,1-2H3. The lowest BCUT2D eigenvalue weighted by Gasteiger charge is -2.17. The van der Waals surface area contributed by atoms with Crippen molar-refractivity contribution in [2.24, 2.45) is 0 Å². The van der Waals surface area contributed by atoms with Gasteiger partial charge in [0, 0.05) is 18.8 Å². The van der Waals surface area contributed by atoms with Gasteiger partial charge in [-0.15, -0.1) is 0 Å². The number of sulfonamides is 1. The first-order valence-corrected chi connectivity index (χ1v) is 8.27. The highest BCUT2D eigenvalue weighted by Gasteiger charge is 2.30. The molecule has 0 saturated carbocycles. The highest BCUT2D eigenvalue weighted by atomic mass is 32.2. The molecule has 0 bridgehead atoms. The molecule has 1 heterocycles. The van der Waals surface area contributed by atoms with Gasteiger partial charge in [0.05, 0.1) is 4.90 Å². The number of anilines is 1. The van der Waals surface area contributed by atoms with Gasteiger partial charge in [0.25, 0.3) is 0 Å². The lowest BCUT2D eigenvalue weighted by Crippen LogP contribution is -2.26. The van der Waals surface area contributed by atoms with Gasteiger partial charge in [-0.05, 0) is 48.2 Å². The van der Waals surface area contributed by atoms with Crippen molar-refractivity contribution in [2.45, 2.75) is 31.8 Å². The molecule has 0 radical (unpaired) electrons. The maximum Gasteiger partial charge on any atom is 0.243 e. The van der Waals surface area contributed by atoms with Crippen molar-refractivity contribution in [1.82, 2.24) is 4.31 Å². The molecule has 0 unspecified atom stereocenters. The zero-order valence-corrected chi connectivity index (χ0v) is 12.9. The Hall–Kier alpha value is -1.85. The van der Waals surface area contributed by atoms with Crippen LogP contribution < -0.4 is 5.73 Å². The fourth-order valence-corrected chi connectivity index (χ4v) is 4.14. The quantitative estimate of drug-likeness (QED) is 0.867. The summed E-state index contributed by atoms with van der Waals surface area (Å²) in [7, 11) is -3.51. The Balaban J connectivity index is 2.00. The fourth-order valence-electron chi connectivity index (χ4n) is 2.62. The Labute approximate surface area is 125 Å². The van der Waals surface area contributed by atoms with E-state index in [1.165, 1.54) is 4.31 Å². The van der Waals surface area contributed by atoms with E-state index in [9.17, 15) is 8.42 Å². The van der Waals surface area contributed by atoms with Gasteiger partial charge in [0.15, 0.2) is 0 Å². The molecule has 110 valence electrons. The second kappa shape index (κ2) is 4.86. The fraction of sp³-hybridized carbons (Fsp3) is 0.250. The van der Waals surface area contributed by atoms with Crippen LogP contribution >= 0.6 is 0 Å². The summed E-state index contributed by atoms with van der Waals surface area (Å²) < 4.78 is 27.1. The number of nitrogens with zero attached hydrogens (tertiary/aromatic N) is 1. The van der Waals surface area contributed by atoms with Crippen molar-refractivity contribution < 1.29 is 8.42 Å². The largest absolute Gasteiger partial charge is 0.398 e. The molecule has 0 spiro atoms. The normalized spacial score (nSPS) is 15.1. The van der Waals surface area contributed by atoms with Crippen LogP contribution in [-0.2, 0) is 23.1 Å². The van der Waals surface area contributed by atoms with Crippen molar-refractivity contribution in [1.29, 1.82) is 0 Å². The molecule has 1 aliphatic heterocycles. The van der Waals surface area contributed by atoms with Gasteiger partial charge in [0.2, 0.25) is 10.0 Å². The van der Waals surface area contributed by atoms with Gasteiger partial charge in [-0.3, -0.25) is 0 Å². The van der Waals surface area contributed by atoms with E-state index in [4.69, 9.17) is 5.73 Å². The summed E-state index contributed by atoms with van der Waals surface area (Å²) in [6.07, 6.45) is 0. The SMILES string of the molecule is Cc1cc(S(=O)(=O)N2Cc3ccccc3C2)cc(N)c1C. The Morgan fingerprint density at radius 3 is 2.14 bits per heavy atom. The summed E-state index contributed by atoms with van der Waals surface area (Å²) in [6, 6.07) is 11.1. The topological polar surface area (TPSA) is 63.4 Å². The van der Waals surface area contributed by atoms with Crippen LogP contribution in [0.2, 0.25) is 0 Å². The molecule has 0 atom stereocenters. The zero-order chi connectivity index (χ0) is 15.2. The zero-order valence-electron chi connectivity index (χ0n) is 12.1. The van der Waals surface area contributed by atoms with Gasteiger partial charge >= 0.3 is 0 Å². The molecule has 0 saturated heterocycles. The van der Waals surface area contributed by atoms with Crippen LogP contribution in [0.4, 0.5) is 5.69 Å². The predicted octanol–water partition coefficient (Wildman–Crippen LogP) is 2.59. The highest BCUT2D eigenvalue weighted by Crippen LogP contribution is 2.30. The lowest BCUT2D eigenvalue weighted by atomic mass is 10.1. The Bertz CT molecular complexity index is 765. The molecule has 21 heavy (non-hydrogen) atoms. The first-order chi connectivity index (χ1) is 9.89. The first kappa shape index (κ1) is 14.1. The van der Waals surface area contributed by atoms with Crippen LogP contribution in [0.3, 0.4) is 0 Å². The number of fused-ring (bicyclic) bond motifs is 1. The summed E-state index contributed by atoms with van der Waals surface area (Å²) in [5, 5.41) is 0. The number of nitrogens with two attached hydrogens (primary N) is 1. The second-order valence-corrected chi connectivity index (χ2v) is 7.43. The highest BCUT2D eigenvalue weighted by molar-refractivity contribution is 7.89. The molecular formula is C16H18N2O2S. The van der Waals surface area contributed by atoms with E-state index in [2.05, 4.69) is 0 Å². The monoisotopic (exact) mass is 302 g/mol. The van der Waals surface area contributed by atoms with Crippen molar-refractivity contribution in [3.8, 4) is 0 Å². The molecular weight excluding hydrogens is 284 g/mol. The molecule has 4 nitrogen and oxygen atoms in total. The van der Waals surface area contributed by atoms with E-state index < -0.39 is 10.0 Å². The first-order valence-electron chi connectivity index (χ1n) is 6.83. The minimum absolute atomic E-state index is 0.274. The van der Waals surface area contributed by atoms with Crippen LogP contribution in [-0.4, -0.2) is 12.7 Å². The molecule has 0 amide bonds. The smallest absolute Gasteiger partial charge is 0.243 e. The lowest BCUT2D eigenvalue weighted by molar-refractivity contribution is 0.431. The van der Waals surface area contributed by atoms with Crippen LogP contribution in [0.5, 0.6) is 0 Å². The van der Waals surface area contributed by atoms with Crippen molar-refractivity contribution >= 4 is 15.7 Å². The minimum Gasteiger partial charge on any atom is -0.398 e. The average molecular weight is 302 g/mol. The van der Waals surface area contributed by atoms with Gasteiger partial charge in [-0.1, -0.05) is 24.3 Å². The Morgan fingerprint density at radius 2 is 1.62 bits per heavy atom. The van der Waals surface area contributed by atoms with Crippen molar-refractivity contribution in [2.75, 3.05) is 5.73 Å². The number of hydrogen-bond donors (Lipinski definition) is 1. The predicted molar refractivity (Wildman–Crippen MR) is 83.2 cm³/mol. The molecule has 3 rings (SSSR count).